The molecule has 158 valence electrons. The van der Waals surface area contributed by atoms with Gasteiger partial charge in [-0.05, 0) is 42.3 Å². The average Bonchev–Trinajstić information content (AvgIpc) is 2.67. The fraction of sp³-hybridized carbons (Fsp3) is 0.200. The van der Waals surface area contributed by atoms with Crippen LogP contribution in [0.1, 0.15) is 18.6 Å². The third kappa shape index (κ3) is 4.91. The summed E-state index contributed by atoms with van der Waals surface area (Å²) in [6.45, 7) is 1.93. The zero-order valence-electron chi connectivity index (χ0n) is 15.6. The van der Waals surface area contributed by atoms with Crippen molar-refractivity contribution in [2.75, 3.05) is 12.3 Å². The molecule has 0 aliphatic rings. The number of nitrogen functional groups attached to an aromatic ring is 1. The number of anilines is 1. The Bertz CT molecular complexity index is 1050. The third-order valence-electron chi connectivity index (χ3n) is 4.03. The Hall–Kier alpha value is -3.07. The van der Waals surface area contributed by atoms with E-state index in [4.69, 9.17) is 26.8 Å². The molecule has 10 heteroatoms. The zero-order valence-corrected chi connectivity index (χ0v) is 16.3. The van der Waals surface area contributed by atoms with Gasteiger partial charge in [0, 0.05) is 22.8 Å². The van der Waals surface area contributed by atoms with Crippen molar-refractivity contribution >= 4 is 17.5 Å². The lowest BCUT2D eigenvalue weighted by molar-refractivity contribution is -0.198. The van der Waals surface area contributed by atoms with Gasteiger partial charge in [0.2, 0.25) is 17.9 Å². The van der Waals surface area contributed by atoms with Crippen LogP contribution in [0, 0.1) is 5.82 Å². The van der Waals surface area contributed by atoms with Gasteiger partial charge in [0.05, 0.1) is 6.61 Å². The maximum absolute atomic E-state index is 14.3. The summed E-state index contributed by atoms with van der Waals surface area (Å²) < 4.78 is 66.3. The molecule has 0 bridgehead atoms. The smallest absolute Gasteiger partial charge is 0.429 e. The molecule has 0 fully saturated rings. The van der Waals surface area contributed by atoms with Crippen molar-refractivity contribution in [2.45, 2.75) is 19.2 Å². The minimum atomic E-state index is -4.81. The van der Waals surface area contributed by atoms with E-state index in [2.05, 4.69) is 9.97 Å². The predicted molar refractivity (Wildman–Crippen MR) is 104 cm³/mol. The molecule has 0 saturated heterocycles. The highest BCUT2D eigenvalue weighted by atomic mass is 35.5. The molecular formula is C20H16ClF4N3O2. The van der Waals surface area contributed by atoms with Crippen molar-refractivity contribution in [1.82, 2.24) is 9.97 Å². The average molecular weight is 442 g/mol. The molecular weight excluding hydrogens is 426 g/mol. The van der Waals surface area contributed by atoms with Crippen LogP contribution in [-0.2, 0) is 0 Å². The van der Waals surface area contributed by atoms with E-state index >= 15 is 0 Å². The second kappa shape index (κ2) is 8.74. The van der Waals surface area contributed by atoms with Gasteiger partial charge in [-0.25, -0.2) is 9.37 Å². The summed E-state index contributed by atoms with van der Waals surface area (Å²) in [5.41, 5.74) is 5.38. The fourth-order valence-electron chi connectivity index (χ4n) is 2.80. The summed E-state index contributed by atoms with van der Waals surface area (Å²) in [6.07, 6.45) is -6.05. The Labute approximate surface area is 174 Å². The van der Waals surface area contributed by atoms with Gasteiger partial charge in [0.1, 0.15) is 0 Å². The topological polar surface area (TPSA) is 70.3 Å². The quantitative estimate of drug-likeness (QED) is 0.504. The molecule has 0 radical (unpaired) electrons. The maximum atomic E-state index is 14.3. The number of hydrogen-bond donors (Lipinski definition) is 1. The number of rotatable bonds is 6. The monoisotopic (exact) mass is 441 g/mol. The highest BCUT2D eigenvalue weighted by molar-refractivity contribution is 6.30. The van der Waals surface area contributed by atoms with E-state index in [-0.39, 0.29) is 45.9 Å². The second-order valence-corrected chi connectivity index (χ2v) is 6.54. The largest absolute Gasteiger partial charge is 0.491 e. The molecule has 3 rings (SSSR count). The number of halogens is 5. The van der Waals surface area contributed by atoms with Gasteiger partial charge in [-0.3, -0.25) is 0 Å². The van der Waals surface area contributed by atoms with Crippen LogP contribution < -0.4 is 15.2 Å². The fourth-order valence-corrected chi connectivity index (χ4v) is 2.97. The number of alkyl halides is 3. The molecule has 30 heavy (non-hydrogen) atoms. The van der Waals surface area contributed by atoms with Crippen molar-refractivity contribution in [1.29, 1.82) is 0 Å². The summed E-state index contributed by atoms with van der Waals surface area (Å²) in [7, 11) is 0. The number of hydrogen-bond acceptors (Lipinski definition) is 5. The van der Waals surface area contributed by atoms with Gasteiger partial charge in [-0.15, -0.1) is 0 Å². The lowest BCUT2D eigenvalue weighted by Gasteiger charge is -2.24. The number of ether oxygens (including phenoxy) is 2. The van der Waals surface area contributed by atoms with Crippen LogP contribution in [0.4, 0.5) is 23.5 Å². The summed E-state index contributed by atoms with van der Waals surface area (Å²) >= 11 is 6.01. The van der Waals surface area contributed by atoms with E-state index in [0.717, 1.165) is 12.1 Å². The zero-order chi connectivity index (χ0) is 21.9. The number of benzene rings is 2. The normalized spacial score (nSPS) is 12.5. The van der Waals surface area contributed by atoms with Crippen LogP contribution >= 0.6 is 11.6 Å². The molecule has 1 heterocycles. The Kier molecular flexibility index (Phi) is 6.31. The minimum Gasteiger partial charge on any atom is -0.491 e. The number of aromatic nitrogens is 2. The standard InChI is InChI=1S/C20H16ClF4N3O2/c1-2-29-16-6-3-11(9-15(16)22)14-10-12(21)4-5-13(14)18(20(23,24)25)30-17-7-8-27-19(26)28-17/h3-10,18H,2H2,1H3,(H2,26,27,28)/t18-/m1/s1. The molecule has 0 unspecified atom stereocenters. The highest BCUT2D eigenvalue weighted by Gasteiger charge is 2.44. The molecule has 2 N–H and O–H groups in total. The SMILES string of the molecule is CCOc1ccc(-c2cc(Cl)ccc2[C@@H](Oc2ccnc(N)n2)C(F)(F)F)cc1F. The van der Waals surface area contributed by atoms with E-state index in [9.17, 15) is 17.6 Å². The molecule has 0 spiro atoms. The Morgan fingerprint density at radius 2 is 1.90 bits per heavy atom. The van der Waals surface area contributed by atoms with Crippen LogP contribution in [0.2, 0.25) is 5.02 Å². The minimum absolute atomic E-state index is 0.00934. The van der Waals surface area contributed by atoms with Crippen molar-refractivity contribution < 1.29 is 27.0 Å². The molecule has 1 atom stereocenters. The first kappa shape index (κ1) is 21.6. The van der Waals surface area contributed by atoms with Gasteiger partial charge in [0.25, 0.3) is 0 Å². The molecule has 0 aliphatic carbocycles. The van der Waals surface area contributed by atoms with Crippen molar-refractivity contribution in [3.8, 4) is 22.8 Å². The highest BCUT2D eigenvalue weighted by Crippen LogP contribution is 2.42. The molecule has 0 amide bonds. The van der Waals surface area contributed by atoms with Gasteiger partial charge in [0.15, 0.2) is 11.6 Å². The summed E-state index contributed by atoms with van der Waals surface area (Å²) in [4.78, 5) is 7.29. The lowest BCUT2D eigenvalue weighted by Crippen LogP contribution is -2.27. The van der Waals surface area contributed by atoms with E-state index in [0.29, 0.717) is 0 Å². The van der Waals surface area contributed by atoms with Crippen LogP contribution in [0.5, 0.6) is 11.6 Å². The lowest BCUT2D eigenvalue weighted by atomic mass is 9.95. The van der Waals surface area contributed by atoms with E-state index in [1.807, 2.05) is 0 Å². The van der Waals surface area contributed by atoms with Gasteiger partial charge >= 0.3 is 6.18 Å². The van der Waals surface area contributed by atoms with Gasteiger partial charge < -0.3 is 15.2 Å². The number of nitrogens with two attached hydrogens (primary N) is 1. The summed E-state index contributed by atoms with van der Waals surface area (Å²) in [6, 6.07) is 8.79. The second-order valence-electron chi connectivity index (χ2n) is 6.10. The summed E-state index contributed by atoms with van der Waals surface area (Å²) in [5.74, 6) is -1.32. The Balaban J connectivity index is 2.10. The van der Waals surface area contributed by atoms with E-state index in [1.54, 1.807) is 6.92 Å². The Morgan fingerprint density at radius 3 is 2.53 bits per heavy atom. The molecule has 2 aromatic carbocycles. The van der Waals surface area contributed by atoms with Crippen LogP contribution in [0.3, 0.4) is 0 Å². The number of nitrogens with zero attached hydrogens (tertiary/aromatic N) is 2. The van der Waals surface area contributed by atoms with Crippen LogP contribution in [0.25, 0.3) is 11.1 Å². The molecule has 0 aliphatic heterocycles. The van der Waals surface area contributed by atoms with Crippen molar-refractivity contribution in [2.24, 2.45) is 0 Å². The van der Waals surface area contributed by atoms with Crippen molar-refractivity contribution in [3.63, 3.8) is 0 Å². The predicted octanol–water partition coefficient (Wildman–Crippen LogP) is 5.60. The van der Waals surface area contributed by atoms with E-state index in [1.165, 1.54) is 36.5 Å². The van der Waals surface area contributed by atoms with Crippen molar-refractivity contribution in [3.05, 3.63) is 65.1 Å². The maximum Gasteiger partial charge on any atom is 0.429 e. The summed E-state index contributed by atoms with van der Waals surface area (Å²) in [5, 5.41) is 0.176. The molecule has 5 nitrogen and oxygen atoms in total. The van der Waals surface area contributed by atoms with Crippen LogP contribution in [0.15, 0.2) is 48.7 Å². The first-order chi connectivity index (χ1) is 14.2. The van der Waals surface area contributed by atoms with Gasteiger partial charge in [-0.1, -0.05) is 23.7 Å². The van der Waals surface area contributed by atoms with Gasteiger partial charge in [-0.2, -0.15) is 18.2 Å². The molecule has 0 saturated carbocycles. The van der Waals surface area contributed by atoms with E-state index < -0.39 is 18.1 Å². The molecule has 3 aromatic rings. The third-order valence-corrected chi connectivity index (χ3v) is 4.26. The first-order valence-corrected chi connectivity index (χ1v) is 9.11. The Morgan fingerprint density at radius 1 is 1.13 bits per heavy atom. The van der Waals surface area contributed by atoms with Crippen LogP contribution in [-0.4, -0.2) is 22.8 Å². The first-order valence-electron chi connectivity index (χ1n) is 8.73. The molecule has 1 aromatic heterocycles.